The third-order valence-electron chi connectivity index (χ3n) is 8.64. The van der Waals surface area contributed by atoms with Crippen molar-refractivity contribution in [3.8, 4) is 16.1 Å². The van der Waals surface area contributed by atoms with Gasteiger partial charge in [0.15, 0.2) is 5.82 Å². The average Bonchev–Trinajstić information content (AvgIpc) is 3.60. The summed E-state index contributed by atoms with van der Waals surface area (Å²) < 4.78 is 7.86. The number of nitrogens with zero attached hydrogens (tertiary/aromatic N) is 5. The van der Waals surface area contributed by atoms with Crippen LogP contribution in [0.3, 0.4) is 0 Å². The SMILES string of the molecule is CNc1ccc(-c2cccnc2NCCOCCNC(=O)C[C@@H]2N=C(c3ccc(Cl)cc3)c3c(sc(C)c3C)-n3c(C)nnc32)cc1CC=O. The number of aldehydes is 1. The maximum absolute atomic E-state index is 13.3. The minimum absolute atomic E-state index is 0.107. The number of pyridine rings is 1. The fraction of sp³-hybridized carbons (Fsp3) is 0.297. The van der Waals surface area contributed by atoms with Gasteiger partial charge in [0.05, 0.1) is 25.3 Å². The zero-order valence-corrected chi connectivity index (χ0v) is 30.0. The topological polar surface area (TPSA) is 135 Å². The second kappa shape index (κ2) is 15.8. The van der Waals surface area contributed by atoms with E-state index in [0.29, 0.717) is 43.6 Å². The summed E-state index contributed by atoms with van der Waals surface area (Å²) >= 11 is 7.90. The van der Waals surface area contributed by atoms with E-state index in [2.05, 4.69) is 45.0 Å². The number of carbonyl (C=O) groups excluding carboxylic acids is 2. The minimum atomic E-state index is -0.539. The number of nitrogens with one attached hydrogen (secondary N) is 3. The van der Waals surface area contributed by atoms with Crippen molar-refractivity contribution in [3.63, 3.8) is 0 Å². The first-order valence-electron chi connectivity index (χ1n) is 16.4. The number of thiophene rings is 1. The Bertz CT molecular complexity index is 2040. The predicted octanol–water partition coefficient (Wildman–Crippen LogP) is 6.28. The fourth-order valence-corrected chi connectivity index (χ4v) is 7.37. The van der Waals surface area contributed by atoms with Crippen molar-refractivity contribution >= 4 is 52.3 Å². The first-order chi connectivity index (χ1) is 24.3. The predicted molar refractivity (Wildman–Crippen MR) is 199 cm³/mol. The van der Waals surface area contributed by atoms with Crippen molar-refractivity contribution in [3.05, 3.63) is 105 Å². The highest BCUT2D eigenvalue weighted by molar-refractivity contribution is 7.15. The maximum atomic E-state index is 13.3. The van der Waals surface area contributed by atoms with Crippen molar-refractivity contribution in [2.75, 3.05) is 44.0 Å². The molecule has 0 bridgehead atoms. The highest BCUT2D eigenvalue weighted by Crippen LogP contribution is 2.39. The molecule has 6 rings (SSSR count). The standard InChI is InChI=1S/C37H39ClN8O3S/c1-22-23(2)50-37-33(22)34(25-7-10-28(38)11-8-25)43-31(36-45-44-24(3)46(36)37)21-32(48)40-15-18-49-19-16-42-35-29(6-5-14-41-35)26-9-12-30(39-4)27(20-26)13-17-47/h5-12,14,17,20,31,39H,13,15-16,18-19,21H2,1-4H3,(H,40,48)(H,41,42)/t31-/m0/s1. The summed E-state index contributed by atoms with van der Waals surface area (Å²) in [5, 5.41) is 20.0. The minimum Gasteiger partial charge on any atom is -0.388 e. The lowest BCUT2D eigenvalue weighted by Crippen LogP contribution is -2.29. The van der Waals surface area contributed by atoms with Crippen LogP contribution >= 0.6 is 22.9 Å². The first kappa shape index (κ1) is 34.9. The number of hydrogen-bond donors (Lipinski definition) is 3. The smallest absolute Gasteiger partial charge is 0.222 e. The highest BCUT2D eigenvalue weighted by Gasteiger charge is 2.32. The Hall–Kier alpha value is -4.91. The lowest BCUT2D eigenvalue weighted by Gasteiger charge is -2.14. The van der Waals surface area contributed by atoms with Crippen LogP contribution in [-0.2, 0) is 20.7 Å². The quantitative estimate of drug-likeness (QED) is 0.0906. The number of aromatic nitrogens is 4. The van der Waals surface area contributed by atoms with Gasteiger partial charge in [-0.2, -0.15) is 0 Å². The molecule has 5 aromatic rings. The van der Waals surface area contributed by atoms with Gasteiger partial charge in [0, 0.05) is 65.0 Å². The van der Waals surface area contributed by atoms with E-state index in [0.717, 1.165) is 67.7 Å². The van der Waals surface area contributed by atoms with Gasteiger partial charge in [0.25, 0.3) is 0 Å². The fourth-order valence-electron chi connectivity index (χ4n) is 6.03. The summed E-state index contributed by atoms with van der Waals surface area (Å²) in [5.41, 5.74) is 7.64. The summed E-state index contributed by atoms with van der Waals surface area (Å²) in [7, 11) is 1.84. The molecule has 0 saturated heterocycles. The molecule has 1 atom stereocenters. The number of halogens is 1. The average molecular weight is 711 g/mol. The molecule has 0 saturated carbocycles. The summed E-state index contributed by atoms with van der Waals surface area (Å²) in [6.07, 6.45) is 3.07. The van der Waals surface area contributed by atoms with E-state index in [1.807, 2.05) is 73.1 Å². The van der Waals surface area contributed by atoms with Crippen LogP contribution < -0.4 is 16.0 Å². The Morgan fingerprint density at radius 1 is 1.04 bits per heavy atom. The molecule has 3 aromatic heterocycles. The molecule has 0 aliphatic carbocycles. The molecule has 3 N–H and O–H groups in total. The number of ether oxygens (including phenoxy) is 1. The molecule has 1 aliphatic heterocycles. The largest absolute Gasteiger partial charge is 0.388 e. The van der Waals surface area contributed by atoms with Gasteiger partial charge in [-0.25, -0.2) is 4.98 Å². The van der Waals surface area contributed by atoms with Gasteiger partial charge in [0.2, 0.25) is 5.91 Å². The van der Waals surface area contributed by atoms with E-state index in [-0.39, 0.29) is 12.3 Å². The number of carbonyl (C=O) groups is 2. The van der Waals surface area contributed by atoms with Crippen LogP contribution in [0.15, 0.2) is 65.8 Å². The second-order valence-corrected chi connectivity index (χ2v) is 13.5. The van der Waals surface area contributed by atoms with E-state index in [9.17, 15) is 9.59 Å². The van der Waals surface area contributed by atoms with Crippen LogP contribution in [0.5, 0.6) is 0 Å². The lowest BCUT2D eigenvalue weighted by atomic mass is 9.99. The Morgan fingerprint density at radius 2 is 1.82 bits per heavy atom. The highest BCUT2D eigenvalue weighted by atomic mass is 35.5. The number of aryl methyl sites for hydroxylation is 2. The molecule has 0 unspecified atom stereocenters. The van der Waals surface area contributed by atoms with Crippen molar-refractivity contribution in [2.24, 2.45) is 4.99 Å². The van der Waals surface area contributed by atoms with Gasteiger partial charge >= 0.3 is 0 Å². The molecule has 0 spiro atoms. The molecule has 258 valence electrons. The Labute approximate surface area is 300 Å². The maximum Gasteiger partial charge on any atom is 0.222 e. The zero-order chi connectivity index (χ0) is 35.2. The second-order valence-electron chi connectivity index (χ2n) is 11.9. The van der Waals surface area contributed by atoms with Gasteiger partial charge < -0.3 is 25.5 Å². The molecular formula is C37H39ClN8O3S. The Kier molecular flexibility index (Phi) is 11.0. The van der Waals surface area contributed by atoms with Gasteiger partial charge in [-0.05, 0) is 73.9 Å². The van der Waals surface area contributed by atoms with Crippen molar-refractivity contribution < 1.29 is 14.3 Å². The summed E-state index contributed by atoms with van der Waals surface area (Å²) in [6, 6.07) is 16.9. The van der Waals surface area contributed by atoms with Gasteiger partial charge in [-0.1, -0.05) is 29.8 Å². The van der Waals surface area contributed by atoms with Crippen LogP contribution in [0, 0.1) is 20.8 Å². The molecule has 11 nitrogen and oxygen atoms in total. The third kappa shape index (κ3) is 7.47. The molecule has 50 heavy (non-hydrogen) atoms. The van der Waals surface area contributed by atoms with E-state index in [4.69, 9.17) is 21.3 Å². The molecular weight excluding hydrogens is 672 g/mol. The van der Waals surface area contributed by atoms with Crippen LogP contribution in [0.25, 0.3) is 16.1 Å². The van der Waals surface area contributed by atoms with Crippen LogP contribution in [0.2, 0.25) is 5.02 Å². The molecule has 4 heterocycles. The zero-order valence-electron chi connectivity index (χ0n) is 28.4. The van der Waals surface area contributed by atoms with Gasteiger partial charge in [-0.3, -0.25) is 14.4 Å². The number of rotatable bonds is 14. The molecule has 1 aliphatic rings. The van der Waals surface area contributed by atoms with E-state index in [1.54, 1.807) is 17.5 Å². The molecule has 13 heteroatoms. The number of amides is 1. The summed E-state index contributed by atoms with van der Waals surface area (Å²) in [4.78, 5) is 35.3. The van der Waals surface area contributed by atoms with Crippen molar-refractivity contribution in [1.82, 2.24) is 25.1 Å². The Balaban J connectivity index is 1.06. The van der Waals surface area contributed by atoms with E-state index >= 15 is 0 Å². The van der Waals surface area contributed by atoms with Gasteiger partial charge in [0.1, 0.15) is 29.0 Å². The number of fused-ring (bicyclic) bond motifs is 3. The van der Waals surface area contributed by atoms with E-state index < -0.39 is 6.04 Å². The number of hydrogen-bond acceptors (Lipinski definition) is 10. The summed E-state index contributed by atoms with van der Waals surface area (Å²) in [5.74, 6) is 1.95. The molecule has 0 radical (unpaired) electrons. The molecule has 0 fully saturated rings. The molecule has 1 amide bonds. The lowest BCUT2D eigenvalue weighted by molar-refractivity contribution is -0.121. The van der Waals surface area contributed by atoms with Crippen LogP contribution in [-0.4, -0.2) is 71.0 Å². The normalized spacial score (nSPS) is 13.5. The van der Waals surface area contributed by atoms with Gasteiger partial charge in [-0.15, -0.1) is 21.5 Å². The van der Waals surface area contributed by atoms with Crippen LogP contribution in [0.1, 0.15) is 51.2 Å². The number of anilines is 2. The first-order valence-corrected chi connectivity index (χ1v) is 17.6. The van der Waals surface area contributed by atoms with E-state index in [1.165, 1.54) is 4.88 Å². The monoisotopic (exact) mass is 710 g/mol. The van der Waals surface area contributed by atoms with Crippen LogP contribution in [0.4, 0.5) is 11.5 Å². The van der Waals surface area contributed by atoms with Crippen molar-refractivity contribution in [2.45, 2.75) is 39.7 Å². The van der Waals surface area contributed by atoms with Crippen molar-refractivity contribution in [1.29, 1.82) is 0 Å². The number of aliphatic imine (C=N–C) groups is 1. The summed E-state index contributed by atoms with van der Waals surface area (Å²) in [6.45, 7) is 7.76. The Morgan fingerprint density at radius 3 is 2.60 bits per heavy atom. The third-order valence-corrected chi connectivity index (χ3v) is 10.1. The number of benzene rings is 2. The molecule has 2 aromatic carbocycles.